The third-order valence-electron chi connectivity index (χ3n) is 2.21. The Bertz CT molecular complexity index is 159. The van der Waals surface area contributed by atoms with Gasteiger partial charge >= 0.3 is 0 Å². The number of nitrogens with one attached hydrogen (secondary N) is 1. The van der Waals surface area contributed by atoms with Crippen LogP contribution in [0, 0.1) is 0 Å². The Hall–Kier alpha value is -0.410. The van der Waals surface area contributed by atoms with Gasteiger partial charge in [0, 0.05) is 12.8 Å². The molecule has 0 aromatic heterocycles. The number of carbonyl (C=O) groups excluding carboxylic acids is 1. The lowest BCUT2D eigenvalue weighted by atomic mass is 10.1. The Morgan fingerprint density at radius 1 is 1.58 bits per heavy atom. The maximum Gasteiger partial charge on any atom is 0.135 e. The Morgan fingerprint density at radius 2 is 2.33 bits per heavy atom. The van der Waals surface area contributed by atoms with Crippen molar-refractivity contribution in [2.45, 2.75) is 44.9 Å². The van der Waals surface area contributed by atoms with Crippen molar-refractivity contribution in [2.24, 2.45) is 0 Å². The van der Waals surface area contributed by atoms with E-state index in [1.54, 1.807) is 0 Å². The van der Waals surface area contributed by atoms with Crippen molar-refractivity contribution in [2.75, 3.05) is 7.05 Å². The maximum absolute atomic E-state index is 10.9. The molecule has 0 aliphatic carbocycles. The van der Waals surface area contributed by atoms with E-state index in [9.17, 15) is 4.79 Å². The van der Waals surface area contributed by atoms with Crippen LogP contribution in [-0.4, -0.2) is 25.2 Å². The molecule has 70 valence electrons. The van der Waals surface area contributed by atoms with Gasteiger partial charge in [0.1, 0.15) is 12.0 Å². The quantitative estimate of drug-likeness (QED) is 0.608. The summed E-state index contributed by atoms with van der Waals surface area (Å²) in [5.41, 5.74) is 0. The SMILES string of the molecule is CCC(=O)CCCC1OC1NC. The number of ether oxygens (including phenoxy) is 1. The van der Waals surface area contributed by atoms with Gasteiger partial charge in [-0.1, -0.05) is 6.92 Å². The minimum atomic E-state index is 0.252. The van der Waals surface area contributed by atoms with Crippen LogP contribution in [0.4, 0.5) is 0 Å². The number of hydrogen-bond donors (Lipinski definition) is 1. The molecule has 3 heteroatoms. The first-order chi connectivity index (χ1) is 5.77. The van der Waals surface area contributed by atoms with Crippen LogP contribution in [0.15, 0.2) is 0 Å². The van der Waals surface area contributed by atoms with Crippen LogP contribution in [0.25, 0.3) is 0 Å². The lowest BCUT2D eigenvalue weighted by Gasteiger charge is -1.95. The number of Topliss-reactive ketones (excluding diaryl/α,β-unsaturated/α-hetero) is 1. The van der Waals surface area contributed by atoms with E-state index < -0.39 is 0 Å². The number of epoxide rings is 1. The first-order valence-corrected chi connectivity index (χ1v) is 4.62. The summed E-state index contributed by atoms with van der Waals surface area (Å²) >= 11 is 0. The van der Waals surface area contributed by atoms with Crippen molar-refractivity contribution in [1.29, 1.82) is 0 Å². The molecule has 3 nitrogen and oxygen atoms in total. The van der Waals surface area contributed by atoms with E-state index in [-0.39, 0.29) is 6.23 Å². The monoisotopic (exact) mass is 171 g/mol. The van der Waals surface area contributed by atoms with Crippen LogP contribution in [0.1, 0.15) is 32.6 Å². The molecule has 1 rings (SSSR count). The second kappa shape index (κ2) is 4.58. The zero-order valence-corrected chi connectivity index (χ0v) is 7.80. The molecular formula is C9H17NO2. The van der Waals surface area contributed by atoms with Crippen molar-refractivity contribution < 1.29 is 9.53 Å². The van der Waals surface area contributed by atoms with Crippen molar-refractivity contribution in [3.05, 3.63) is 0 Å². The molecule has 0 spiro atoms. The maximum atomic E-state index is 10.9. The Morgan fingerprint density at radius 3 is 2.83 bits per heavy atom. The molecule has 0 bridgehead atoms. The molecule has 1 N–H and O–H groups in total. The summed E-state index contributed by atoms with van der Waals surface area (Å²) in [5.74, 6) is 0.358. The molecule has 1 saturated heterocycles. The number of likely N-dealkylation sites (N-methyl/N-ethyl adjacent to an activating group) is 1. The fourth-order valence-electron chi connectivity index (χ4n) is 1.29. The highest BCUT2D eigenvalue weighted by atomic mass is 16.6. The summed E-state index contributed by atoms with van der Waals surface area (Å²) in [6, 6.07) is 0. The first-order valence-electron chi connectivity index (χ1n) is 4.62. The highest BCUT2D eigenvalue weighted by Crippen LogP contribution is 2.24. The van der Waals surface area contributed by atoms with Gasteiger partial charge in [0.2, 0.25) is 0 Å². The molecule has 2 unspecified atom stereocenters. The van der Waals surface area contributed by atoms with E-state index in [4.69, 9.17) is 4.74 Å². The van der Waals surface area contributed by atoms with Crippen molar-refractivity contribution in [3.63, 3.8) is 0 Å². The van der Waals surface area contributed by atoms with Crippen molar-refractivity contribution >= 4 is 5.78 Å². The van der Waals surface area contributed by atoms with Gasteiger partial charge in [-0.15, -0.1) is 0 Å². The second-order valence-corrected chi connectivity index (χ2v) is 3.17. The van der Waals surface area contributed by atoms with Crippen LogP contribution >= 0.6 is 0 Å². The molecule has 0 radical (unpaired) electrons. The molecule has 0 aromatic carbocycles. The van der Waals surface area contributed by atoms with E-state index in [1.165, 1.54) is 0 Å². The predicted octanol–water partition coefficient (Wildman–Crippen LogP) is 1.08. The predicted molar refractivity (Wildman–Crippen MR) is 46.9 cm³/mol. The second-order valence-electron chi connectivity index (χ2n) is 3.17. The molecule has 2 atom stereocenters. The van der Waals surface area contributed by atoms with Crippen LogP contribution in [0.3, 0.4) is 0 Å². The minimum absolute atomic E-state index is 0.252. The van der Waals surface area contributed by atoms with Crippen LogP contribution in [0.2, 0.25) is 0 Å². The van der Waals surface area contributed by atoms with Crippen molar-refractivity contribution in [1.82, 2.24) is 5.32 Å². The normalized spacial score (nSPS) is 27.2. The smallest absolute Gasteiger partial charge is 0.135 e. The van der Waals surface area contributed by atoms with Gasteiger partial charge in [-0.25, -0.2) is 0 Å². The van der Waals surface area contributed by atoms with Crippen LogP contribution < -0.4 is 5.32 Å². The molecule has 12 heavy (non-hydrogen) atoms. The fraction of sp³-hybridized carbons (Fsp3) is 0.889. The largest absolute Gasteiger partial charge is 0.353 e. The standard InChI is InChI=1S/C9H17NO2/c1-3-7(11)5-4-6-8-9(10-2)12-8/h8-10H,3-6H2,1-2H3. The van der Waals surface area contributed by atoms with E-state index in [0.717, 1.165) is 12.8 Å². The van der Waals surface area contributed by atoms with Crippen molar-refractivity contribution in [3.8, 4) is 0 Å². The molecule has 1 fully saturated rings. The molecule has 0 aromatic rings. The van der Waals surface area contributed by atoms with E-state index in [2.05, 4.69) is 5.32 Å². The first kappa shape index (κ1) is 9.68. The third kappa shape index (κ3) is 2.91. The van der Waals surface area contributed by atoms with Crippen LogP contribution in [0.5, 0.6) is 0 Å². The van der Waals surface area contributed by atoms with Gasteiger partial charge < -0.3 is 4.74 Å². The number of hydrogen-bond acceptors (Lipinski definition) is 3. The topological polar surface area (TPSA) is 41.6 Å². The molecule has 1 aliphatic heterocycles. The number of rotatable bonds is 6. The van der Waals surface area contributed by atoms with Gasteiger partial charge in [-0.3, -0.25) is 10.1 Å². The molecule has 0 amide bonds. The molecule has 0 saturated carbocycles. The number of ketones is 1. The summed E-state index contributed by atoms with van der Waals surface area (Å²) in [6.45, 7) is 1.91. The summed E-state index contributed by atoms with van der Waals surface area (Å²) in [5, 5.41) is 3.03. The highest BCUT2D eigenvalue weighted by Gasteiger charge is 2.36. The Balaban J connectivity index is 1.94. The van der Waals surface area contributed by atoms with Gasteiger partial charge in [0.15, 0.2) is 0 Å². The molecule has 1 heterocycles. The van der Waals surface area contributed by atoms with E-state index >= 15 is 0 Å². The van der Waals surface area contributed by atoms with E-state index in [0.29, 0.717) is 24.7 Å². The van der Waals surface area contributed by atoms with Gasteiger partial charge in [0.05, 0.1) is 6.10 Å². The zero-order chi connectivity index (χ0) is 8.97. The summed E-state index contributed by atoms with van der Waals surface area (Å²) in [6.07, 6.45) is 3.97. The highest BCUT2D eigenvalue weighted by molar-refractivity contribution is 5.77. The van der Waals surface area contributed by atoms with Gasteiger partial charge in [-0.05, 0) is 19.9 Å². The van der Waals surface area contributed by atoms with Crippen LogP contribution in [-0.2, 0) is 9.53 Å². The molecular weight excluding hydrogens is 154 g/mol. The summed E-state index contributed by atoms with van der Waals surface area (Å²) in [4.78, 5) is 10.9. The Kier molecular flexibility index (Phi) is 3.69. The van der Waals surface area contributed by atoms with E-state index in [1.807, 2.05) is 14.0 Å². The Labute approximate surface area is 73.5 Å². The molecule has 1 aliphatic rings. The lowest BCUT2D eigenvalue weighted by Crippen LogP contribution is -2.13. The average Bonchev–Trinajstić information content (AvgIpc) is 2.83. The third-order valence-corrected chi connectivity index (χ3v) is 2.21. The summed E-state index contributed by atoms with van der Waals surface area (Å²) in [7, 11) is 1.89. The number of carbonyl (C=O) groups is 1. The average molecular weight is 171 g/mol. The van der Waals surface area contributed by atoms with Gasteiger partial charge in [-0.2, -0.15) is 0 Å². The minimum Gasteiger partial charge on any atom is -0.353 e. The zero-order valence-electron chi connectivity index (χ0n) is 7.80. The lowest BCUT2D eigenvalue weighted by molar-refractivity contribution is -0.118. The van der Waals surface area contributed by atoms with Gasteiger partial charge in [0.25, 0.3) is 0 Å². The summed E-state index contributed by atoms with van der Waals surface area (Å²) < 4.78 is 5.26. The fourth-order valence-corrected chi connectivity index (χ4v) is 1.29.